The van der Waals surface area contributed by atoms with E-state index in [0.29, 0.717) is 56.6 Å². The molecule has 0 saturated carbocycles. The zero-order valence-corrected chi connectivity index (χ0v) is 19.5. The fourth-order valence-corrected chi connectivity index (χ4v) is 6.97. The molecular weight excluding hydrogens is 485 g/mol. The predicted molar refractivity (Wildman–Crippen MR) is 122 cm³/mol. The first-order chi connectivity index (χ1) is 14.3. The molecule has 0 spiro atoms. The number of sulfonamides is 1. The van der Waals surface area contributed by atoms with Crippen LogP contribution in [0.15, 0.2) is 45.3 Å². The second-order valence-corrected chi connectivity index (χ2v) is 11.6. The zero-order chi connectivity index (χ0) is 21.3. The van der Waals surface area contributed by atoms with Crippen molar-refractivity contribution < 1.29 is 13.2 Å². The third kappa shape index (κ3) is 4.56. The molecule has 0 unspecified atom stereocenters. The van der Waals surface area contributed by atoms with Crippen LogP contribution in [0.25, 0.3) is 11.3 Å². The van der Waals surface area contributed by atoms with Gasteiger partial charge in [0, 0.05) is 35.0 Å². The van der Waals surface area contributed by atoms with Gasteiger partial charge < -0.3 is 5.32 Å². The second-order valence-electron chi connectivity index (χ2n) is 6.76. The number of anilines is 1. The number of halogens is 2. The van der Waals surface area contributed by atoms with Crippen LogP contribution in [-0.2, 0) is 14.8 Å². The van der Waals surface area contributed by atoms with Crippen LogP contribution in [0.3, 0.4) is 0 Å². The van der Waals surface area contributed by atoms with Crippen molar-refractivity contribution in [1.29, 1.82) is 0 Å². The van der Waals surface area contributed by atoms with E-state index in [0.717, 1.165) is 0 Å². The fourth-order valence-electron chi connectivity index (χ4n) is 3.25. The average Bonchev–Trinajstić information content (AvgIpc) is 3.42. The molecule has 0 aliphatic carbocycles. The number of nitrogens with zero attached hydrogens (tertiary/aromatic N) is 2. The number of thiazole rings is 1. The first kappa shape index (κ1) is 21.7. The number of rotatable bonds is 5. The SMILES string of the molecule is O=C(Nc1nc(-c2cc(Cl)ccc2Cl)cs1)C1CCN(S(=O)(=O)c2cccs2)CC1. The highest BCUT2D eigenvalue weighted by molar-refractivity contribution is 7.91. The second kappa shape index (κ2) is 8.94. The minimum atomic E-state index is -3.48. The molecule has 158 valence electrons. The fraction of sp³-hybridized carbons (Fsp3) is 0.263. The normalized spacial score (nSPS) is 15.9. The standard InChI is InChI=1S/C19H17Cl2N3O3S3/c20-13-3-4-15(21)14(10-13)16-11-29-19(22-16)23-18(25)12-5-7-24(8-6-12)30(26,27)17-2-1-9-28-17/h1-4,9-12H,5-8H2,(H,22,23,25). The molecule has 3 heterocycles. The number of thiophene rings is 1. The highest BCUT2D eigenvalue weighted by Crippen LogP contribution is 2.33. The van der Waals surface area contributed by atoms with Gasteiger partial charge in [0.05, 0.1) is 10.7 Å². The molecule has 1 aliphatic heterocycles. The Kier molecular flexibility index (Phi) is 6.47. The summed E-state index contributed by atoms with van der Waals surface area (Å²) in [6, 6.07) is 8.46. The van der Waals surface area contributed by atoms with E-state index in [1.807, 2.05) is 5.38 Å². The highest BCUT2D eigenvalue weighted by atomic mass is 35.5. The molecule has 0 bridgehead atoms. The van der Waals surface area contributed by atoms with E-state index in [4.69, 9.17) is 23.2 Å². The Balaban J connectivity index is 1.38. The van der Waals surface area contributed by atoms with Gasteiger partial charge in [0.15, 0.2) is 5.13 Å². The molecule has 0 atom stereocenters. The lowest BCUT2D eigenvalue weighted by molar-refractivity contribution is -0.120. The summed E-state index contributed by atoms with van der Waals surface area (Å²) < 4.78 is 27.0. The maximum Gasteiger partial charge on any atom is 0.252 e. The number of aromatic nitrogens is 1. The van der Waals surface area contributed by atoms with Gasteiger partial charge in [-0.2, -0.15) is 4.31 Å². The van der Waals surface area contributed by atoms with Crippen LogP contribution in [0.2, 0.25) is 10.0 Å². The molecule has 2 aromatic heterocycles. The number of benzene rings is 1. The van der Waals surface area contributed by atoms with Gasteiger partial charge in [0.25, 0.3) is 10.0 Å². The van der Waals surface area contributed by atoms with Gasteiger partial charge in [-0.05, 0) is 42.5 Å². The maximum atomic E-state index is 12.7. The molecule has 6 nitrogen and oxygen atoms in total. The summed E-state index contributed by atoms with van der Waals surface area (Å²) in [5.41, 5.74) is 1.34. The third-order valence-corrected chi connectivity index (χ3v) is 9.45. The van der Waals surface area contributed by atoms with Crippen LogP contribution in [0.5, 0.6) is 0 Å². The van der Waals surface area contributed by atoms with E-state index in [9.17, 15) is 13.2 Å². The molecule has 0 radical (unpaired) electrons. The Morgan fingerprint density at radius 3 is 2.63 bits per heavy atom. The van der Waals surface area contributed by atoms with E-state index < -0.39 is 10.0 Å². The summed E-state index contributed by atoms with van der Waals surface area (Å²) in [7, 11) is -3.48. The molecule has 1 amide bonds. The van der Waals surface area contributed by atoms with Crippen LogP contribution in [0.1, 0.15) is 12.8 Å². The Labute approximate surface area is 192 Å². The topological polar surface area (TPSA) is 79.4 Å². The minimum Gasteiger partial charge on any atom is -0.302 e. The van der Waals surface area contributed by atoms with Crippen LogP contribution >= 0.6 is 45.9 Å². The van der Waals surface area contributed by atoms with Crippen molar-refractivity contribution in [3.63, 3.8) is 0 Å². The number of carbonyl (C=O) groups excluding carboxylic acids is 1. The molecule has 4 rings (SSSR count). The predicted octanol–water partition coefficient (Wildman–Crippen LogP) is 5.22. The van der Waals surface area contributed by atoms with E-state index in [2.05, 4.69) is 10.3 Å². The van der Waals surface area contributed by atoms with Crippen LogP contribution in [-0.4, -0.2) is 36.7 Å². The monoisotopic (exact) mass is 501 g/mol. The Morgan fingerprint density at radius 2 is 1.93 bits per heavy atom. The number of carbonyl (C=O) groups is 1. The lowest BCUT2D eigenvalue weighted by Crippen LogP contribution is -2.41. The lowest BCUT2D eigenvalue weighted by Gasteiger charge is -2.29. The van der Waals surface area contributed by atoms with E-state index in [1.54, 1.807) is 35.7 Å². The Hall–Kier alpha value is -1.49. The third-order valence-electron chi connectivity index (χ3n) is 4.85. The van der Waals surface area contributed by atoms with Gasteiger partial charge in [-0.25, -0.2) is 13.4 Å². The first-order valence-electron chi connectivity index (χ1n) is 9.10. The van der Waals surface area contributed by atoms with Gasteiger partial charge in [0.1, 0.15) is 4.21 Å². The summed E-state index contributed by atoms with van der Waals surface area (Å²) in [5, 5.41) is 7.95. The minimum absolute atomic E-state index is 0.152. The summed E-state index contributed by atoms with van der Waals surface area (Å²) in [4.78, 5) is 17.1. The van der Waals surface area contributed by atoms with Gasteiger partial charge in [-0.15, -0.1) is 22.7 Å². The molecule has 1 aliphatic rings. The van der Waals surface area contributed by atoms with E-state index >= 15 is 0 Å². The van der Waals surface area contributed by atoms with Gasteiger partial charge in [-0.1, -0.05) is 29.3 Å². The van der Waals surface area contributed by atoms with Gasteiger partial charge in [-0.3, -0.25) is 4.79 Å². The van der Waals surface area contributed by atoms with Crippen molar-refractivity contribution in [2.75, 3.05) is 18.4 Å². The number of amides is 1. The van der Waals surface area contributed by atoms with Crippen LogP contribution in [0.4, 0.5) is 5.13 Å². The summed E-state index contributed by atoms with van der Waals surface area (Å²) in [5.74, 6) is -0.414. The smallest absolute Gasteiger partial charge is 0.252 e. The summed E-state index contributed by atoms with van der Waals surface area (Å²) in [6.07, 6.45) is 0.934. The molecule has 30 heavy (non-hydrogen) atoms. The molecular formula is C19H17Cl2N3O3S3. The molecule has 3 aromatic rings. The maximum absolute atomic E-state index is 12.7. The molecule has 1 saturated heterocycles. The number of hydrogen-bond donors (Lipinski definition) is 1. The number of hydrogen-bond acceptors (Lipinski definition) is 6. The Morgan fingerprint density at radius 1 is 1.17 bits per heavy atom. The highest BCUT2D eigenvalue weighted by Gasteiger charge is 2.32. The largest absolute Gasteiger partial charge is 0.302 e. The van der Waals surface area contributed by atoms with E-state index in [-0.39, 0.29) is 11.8 Å². The molecule has 1 aromatic carbocycles. The van der Waals surface area contributed by atoms with Crippen LogP contribution in [0, 0.1) is 5.92 Å². The molecule has 1 fully saturated rings. The first-order valence-corrected chi connectivity index (χ1v) is 13.1. The summed E-state index contributed by atoms with van der Waals surface area (Å²) in [6.45, 7) is 0.638. The molecule has 1 N–H and O–H groups in total. The average molecular weight is 502 g/mol. The van der Waals surface area contributed by atoms with Crippen molar-refractivity contribution in [1.82, 2.24) is 9.29 Å². The van der Waals surface area contributed by atoms with Crippen molar-refractivity contribution >= 4 is 66.9 Å². The van der Waals surface area contributed by atoms with Crippen molar-refractivity contribution in [2.24, 2.45) is 5.92 Å². The van der Waals surface area contributed by atoms with Crippen molar-refractivity contribution in [3.8, 4) is 11.3 Å². The molecule has 11 heteroatoms. The van der Waals surface area contributed by atoms with E-state index in [1.165, 1.54) is 27.0 Å². The number of nitrogens with one attached hydrogen (secondary N) is 1. The Bertz CT molecular complexity index is 1150. The van der Waals surface area contributed by atoms with Crippen LogP contribution < -0.4 is 5.32 Å². The summed E-state index contributed by atoms with van der Waals surface area (Å²) >= 11 is 14.8. The number of piperidine rings is 1. The van der Waals surface area contributed by atoms with Crippen molar-refractivity contribution in [2.45, 2.75) is 17.1 Å². The van der Waals surface area contributed by atoms with Gasteiger partial charge >= 0.3 is 0 Å². The van der Waals surface area contributed by atoms with Gasteiger partial charge in [0.2, 0.25) is 5.91 Å². The quantitative estimate of drug-likeness (QED) is 0.519. The zero-order valence-electron chi connectivity index (χ0n) is 15.5. The van der Waals surface area contributed by atoms with Crippen molar-refractivity contribution in [3.05, 3.63) is 51.1 Å². The lowest BCUT2D eigenvalue weighted by atomic mass is 9.97.